The van der Waals surface area contributed by atoms with Gasteiger partial charge in [-0.3, -0.25) is 0 Å². The van der Waals surface area contributed by atoms with E-state index >= 15 is 0 Å². The third-order valence-corrected chi connectivity index (χ3v) is 2.15. The lowest BCUT2D eigenvalue weighted by Gasteiger charge is -2.07. The Morgan fingerprint density at radius 3 is 2.40 bits per heavy atom. The maximum Gasteiger partial charge on any atom is 0.334 e. The van der Waals surface area contributed by atoms with E-state index in [2.05, 4.69) is 0 Å². The maximum absolute atomic E-state index is 10.6. The van der Waals surface area contributed by atoms with Gasteiger partial charge < -0.3 is 9.84 Å². The van der Waals surface area contributed by atoms with E-state index in [1.807, 2.05) is 30.3 Å². The van der Waals surface area contributed by atoms with E-state index in [4.69, 9.17) is 9.84 Å². The highest BCUT2D eigenvalue weighted by Crippen LogP contribution is 2.09. The van der Waals surface area contributed by atoms with Crippen LogP contribution >= 0.6 is 0 Å². The fourth-order valence-electron chi connectivity index (χ4n) is 1.02. The Morgan fingerprint density at radius 2 is 1.87 bits per heavy atom. The van der Waals surface area contributed by atoms with Crippen molar-refractivity contribution in [1.82, 2.24) is 0 Å². The number of aliphatic carboxylic acids is 1. The molecule has 0 aliphatic heterocycles. The molecule has 1 aromatic carbocycles. The summed E-state index contributed by atoms with van der Waals surface area (Å²) in [4.78, 5) is 10.6. The fourth-order valence-corrected chi connectivity index (χ4v) is 1.02. The zero-order valence-electron chi connectivity index (χ0n) is 8.86. The molecule has 3 heteroatoms. The zero-order chi connectivity index (χ0) is 11.3. The van der Waals surface area contributed by atoms with Crippen molar-refractivity contribution in [2.24, 2.45) is 0 Å². The van der Waals surface area contributed by atoms with Crippen molar-refractivity contribution >= 4 is 5.97 Å². The predicted molar refractivity (Wildman–Crippen MR) is 57.2 cm³/mol. The third-order valence-electron chi connectivity index (χ3n) is 2.15. The van der Waals surface area contributed by atoms with Crippen LogP contribution in [0.3, 0.4) is 0 Å². The molecule has 0 saturated heterocycles. The molecule has 0 heterocycles. The van der Waals surface area contributed by atoms with Gasteiger partial charge >= 0.3 is 5.97 Å². The Balaban J connectivity index is 2.58. The predicted octanol–water partition coefficient (Wildman–Crippen LogP) is 2.58. The van der Waals surface area contributed by atoms with E-state index in [0.717, 1.165) is 5.56 Å². The van der Waals surface area contributed by atoms with Crippen LogP contribution in [0.2, 0.25) is 0 Å². The van der Waals surface area contributed by atoms with Gasteiger partial charge in [-0.25, -0.2) is 4.79 Å². The van der Waals surface area contributed by atoms with Crippen molar-refractivity contribution in [3.05, 3.63) is 47.2 Å². The van der Waals surface area contributed by atoms with Gasteiger partial charge in [-0.1, -0.05) is 30.3 Å². The van der Waals surface area contributed by atoms with Crippen molar-refractivity contribution in [3.63, 3.8) is 0 Å². The molecular formula is C12H14O3. The topological polar surface area (TPSA) is 46.5 Å². The van der Waals surface area contributed by atoms with Gasteiger partial charge in [0.15, 0.2) is 0 Å². The average Bonchev–Trinajstić information content (AvgIpc) is 2.26. The summed E-state index contributed by atoms with van der Waals surface area (Å²) in [5, 5.41) is 8.71. The standard InChI is InChI=1S/C12H14O3/c1-9(12(13)14)10(2)15-8-11-6-4-3-5-7-11/h3-7H,8H2,1-2H3,(H,13,14). The second-order valence-electron chi connectivity index (χ2n) is 3.26. The number of rotatable bonds is 4. The molecule has 1 N–H and O–H groups in total. The van der Waals surface area contributed by atoms with Crippen LogP contribution in [-0.4, -0.2) is 11.1 Å². The van der Waals surface area contributed by atoms with E-state index < -0.39 is 5.97 Å². The van der Waals surface area contributed by atoms with Gasteiger partial charge in [-0.2, -0.15) is 0 Å². The molecule has 0 spiro atoms. The van der Waals surface area contributed by atoms with Gasteiger partial charge in [0.2, 0.25) is 0 Å². The first-order valence-corrected chi connectivity index (χ1v) is 4.68. The molecule has 0 aliphatic carbocycles. The molecule has 0 aliphatic rings. The van der Waals surface area contributed by atoms with Crippen LogP contribution in [0.25, 0.3) is 0 Å². The summed E-state index contributed by atoms with van der Waals surface area (Å²) in [6.07, 6.45) is 0. The van der Waals surface area contributed by atoms with Crippen LogP contribution in [0.5, 0.6) is 0 Å². The molecule has 1 rings (SSSR count). The molecule has 0 aromatic heterocycles. The van der Waals surface area contributed by atoms with Gasteiger partial charge in [0.25, 0.3) is 0 Å². The second-order valence-corrected chi connectivity index (χ2v) is 3.26. The molecule has 80 valence electrons. The maximum atomic E-state index is 10.6. The molecule has 3 nitrogen and oxygen atoms in total. The summed E-state index contributed by atoms with van der Waals surface area (Å²) in [5.41, 5.74) is 1.26. The van der Waals surface area contributed by atoms with E-state index in [-0.39, 0.29) is 5.57 Å². The summed E-state index contributed by atoms with van der Waals surface area (Å²) in [7, 11) is 0. The zero-order valence-corrected chi connectivity index (χ0v) is 8.86. The van der Waals surface area contributed by atoms with Crippen molar-refractivity contribution < 1.29 is 14.6 Å². The number of carbonyl (C=O) groups is 1. The lowest BCUT2D eigenvalue weighted by atomic mass is 10.2. The van der Waals surface area contributed by atoms with Gasteiger partial charge in [0, 0.05) is 0 Å². The Kier molecular flexibility index (Phi) is 3.92. The molecule has 0 fully saturated rings. The highest BCUT2D eigenvalue weighted by molar-refractivity contribution is 5.86. The summed E-state index contributed by atoms with van der Waals surface area (Å²) in [6.45, 7) is 3.59. The minimum Gasteiger partial charge on any atom is -0.493 e. The first kappa shape index (κ1) is 11.3. The second kappa shape index (κ2) is 5.20. The Labute approximate surface area is 89.0 Å². The molecule has 0 atom stereocenters. The number of benzene rings is 1. The van der Waals surface area contributed by atoms with E-state index in [1.165, 1.54) is 6.92 Å². The largest absolute Gasteiger partial charge is 0.493 e. The van der Waals surface area contributed by atoms with Crippen LogP contribution < -0.4 is 0 Å². The number of carboxylic acid groups (broad SMARTS) is 1. The highest BCUT2D eigenvalue weighted by Gasteiger charge is 2.05. The lowest BCUT2D eigenvalue weighted by molar-refractivity contribution is -0.132. The van der Waals surface area contributed by atoms with Crippen molar-refractivity contribution in [3.8, 4) is 0 Å². The van der Waals surface area contributed by atoms with E-state index in [1.54, 1.807) is 6.92 Å². The minimum atomic E-state index is -0.944. The summed E-state index contributed by atoms with van der Waals surface area (Å²) in [6, 6.07) is 9.63. The minimum absolute atomic E-state index is 0.242. The Hall–Kier alpha value is -1.77. The van der Waals surface area contributed by atoms with Crippen molar-refractivity contribution in [2.75, 3.05) is 0 Å². The molecule has 0 radical (unpaired) electrons. The monoisotopic (exact) mass is 206 g/mol. The molecule has 0 unspecified atom stereocenters. The molecule has 1 aromatic rings. The molecule has 15 heavy (non-hydrogen) atoms. The SMILES string of the molecule is CC(OCc1ccccc1)=C(C)C(=O)O. The van der Waals surface area contributed by atoms with Crippen molar-refractivity contribution in [1.29, 1.82) is 0 Å². The fraction of sp³-hybridized carbons (Fsp3) is 0.250. The first-order chi connectivity index (χ1) is 7.11. The van der Waals surface area contributed by atoms with Crippen LogP contribution in [0, 0.1) is 0 Å². The van der Waals surface area contributed by atoms with Crippen molar-refractivity contribution in [2.45, 2.75) is 20.5 Å². The summed E-state index contributed by atoms with van der Waals surface area (Å²) < 4.78 is 5.35. The molecular weight excluding hydrogens is 192 g/mol. The highest BCUT2D eigenvalue weighted by atomic mass is 16.5. The van der Waals surface area contributed by atoms with Crippen LogP contribution in [-0.2, 0) is 16.1 Å². The number of carboxylic acids is 1. The van der Waals surface area contributed by atoms with Gasteiger partial charge in [-0.05, 0) is 19.4 Å². The molecule has 0 amide bonds. The van der Waals surface area contributed by atoms with Gasteiger partial charge in [0.1, 0.15) is 12.4 Å². The van der Waals surface area contributed by atoms with E-state index in [9.17, 15) is 4.79 Å². The number of hydrogen-bond acceptors (Lipinski definition) is 2. The van der Waals surface area contributed by atoms with E-state index in [0.29, 0.717) is 12.4 Å². The number of ether oxygens (including phenoxy) is 1. The summed E-state index contributed by atoms with van der Waals surface area (Å²) >= 11 is 0. The quantitative estimate of drug-likeness (QED) is 0.608. The smallest absolute Gasteiger partial charge is 0.334 e. The Bertz CT molecular complexity index is 366. The van der Waals surface area contributed by atoms with Crippen LogP contribution in [0.1, 0.15) is 19.4 Å². The van der Waals surface area contributed by atoms with Crippen LogP contribution in [0.15, 0.2) is 41.7 Å². The average molecular weight is 206 g/mol. The third kappa shape index (κ3) is 3.46. The lowest BCUT2D eigenvalue weighted by Crippen LogP contribution is -2.02. The summed E-state index contributed by atoms with van der Waals surface area (Å²) in [5.74, 6) is -0.494. The van der Waals surface area contributed by atoms with Crippen LogP contribution in [0.4, 0.5) is 0 Å². The van der Waals surface area contributed by atoms with Gasteiger partial charge in [-0.15, -0.1) is 0 Å². The molecule has 0 bridgehead atoms. The first-order valence-electron chi connectivity index (χ1n) is 4.68. The number of hydrogen-bond donors (Lipinski definition) is 1. The number of allylic oxidation sites excluding steroid dienone is 1. The molecule has 0 saturated carbocycles. The Morgan fingerprint density at radius 1 is 1.27 bits per heavy atom. The normalized spacial score (nSPS) is 11.9. The van der Waals surface area contributed by atoms with Gasteiger partial charge in [0.05, 0.1) is 5.57 Å².